The van der Waals surface area contributed by atoms with Crippen LogP contribution in [0.2, 0.25) is 0 Å². The fraction of sp³-hybridized carbons (Fsp3) is 0.333. The van der Waals surface area contributed by atoms with Crippen LogP contribution in [0.4, 0.5) is 0 Å². The SMILES string of the molecule is CCOc1cccc(-c2nc(=S)cc(C3CC3)[nH]2)c1. The molecule has 1 aliphatic carbocycles. The molecule has 98 valence electrons. The van der Waals surface area contributed by atoms with Gasteiger partial charge in [0.15, 0.2) is 0 Å². The predicted molar refractivity (Wildman–Crippen MR) is 78.0 cm³/mol. The van der Waals surface area contributed by atoms with Crippen LogP contribution in [0.1, 0.15) is 31.4 Å². The van der Waals surface area contributed by atoms with E-state index in [4.69, 9.17) is 17.0 Å². The number of aromatic nitrogens is 2. The number of ether oxygens (including phenoxy) is 1. The van der Waals surface area contributed by atoms with E-state index in [1.54, 1.807) is 0 Å². The maximum Gasteiger partial charge on any atom is 0.139 e. The molecule has 0 amide bonds. The van der Waals surface area contributed by atoms with Gasteiger partial charge in [0, 0.05) is 11.3 Å². The second-order valence-electron chi connectivity index (χ2n) is 4.76. The van der Waals surface area contributed by atoms with Crippen LogP contribution in [-0.2, 0) is 0 Å². The number of hydrogen-bond acceptors (Lipinski definition) is 3. The normalized spacial score (nSPS) is 14.4. The van der Waals surface area contributed by atoms with E-state index >= 15 is 0 Å². The fourth-order valence-electron chi connectivity index (χ4n) is 2.13. The summed E-state index contributed by atoms with van der Waals surface area (Å²) in [6.07, 6.45) is 2.49. The van der Waals surface area contributed by atoms with Crippen molar-refractivity contribution in [3.63, 3.8) is 0 Å². The molecular formula is C15H16N2OS. The van der Waals surface area contributed by atoms with Crippen molar-refractivity contribution in [2.75, 3.05) is 6.61 Å². The number of aromatic amines is 1. The highest BCUT2D eigenvalue weighted by atomic mass is 32.1. The first kappa shape index (κ1) is 12.4. The maximum atomic E-state index is 5.52. The molecule has 3 rings (SSSR count). The Balaban J connectivity index is 2.00. The van der Waals surface area contributed by atoms with E-state index in [0.717, 1.165) is 17.1 Å². The van der Waals surface area contributed by atoms with Gasteiger partial charge in [-0.25, -0.2) is 4.98 Å². The zero-order valence-corrected chi connectivity index (χ0v) is 11.7. The topological polar surface area (TPSA) is 37.9 Å². The van der Waals surface area contributed by atoms with Gasteiger partial charge in [0.05, 0.1) is 6.61 Å². The third-order valence-corrected chi connectivity index (χ3v) is 3.41. The first-order valence-electron chi connectivity index (χ1n) is 6.61. The summed E-state index contributed by atoms with van der Waals surface area (Å²) in [7, 11) is 0. The van der Waals surface area contributed by atoms with Crippen LogP contribution in [0.5, 0.6) is 5.75 Å². The van der Waals surface area contributed by atoms with Crippen LogP contribution < -0.4 is 4.74 Å². The molecule has 1 aromatic carbocycles. The molecule has 1 heterocycles. The Bertz CT molecular complexity index is 647. The molecule has 1 N–H and O–H groups in total. The van der Waals surface area contributed by atoms with Crippen molar-refractivity contribution < 1.29 is 4.74 Å². The molecule has 0 radical (unpaired) electrons. The minimum absolute atomic E-state index is 0.638. The van der Waals surface area contributed by atoms with Gasteiger partial charge in [-0.3, -0.25) is 0 Å². The highest BCUT2D eigenvalue weighted by Gasteiger charge is 2.24. The molecule has 0 aliphatic heterocycles. The Morgan fingerprint density at radius 2 is 2.21 bits per heavy atom. The number of nitrogens with zero attached hydrogens (tertiary/aromatic N) is 1. The maximum absolute atomic E-state index is 5.52. The Morgan fingerprint density at radius 1 is 1.37 bits per heavy atom. The molecule has 1 saturated carbocycles. The van der Waals surface area contributed by atoms with Crippen LogP contribution in [0, 0.1) is 4.64 Å². The summed E-state index contributed by atoms with van der Waals surface area (Å²) in [4.78, 5) is 7.82. The smallest absolute Gasteiger partial charge is 0.139 e. The molecule has 1 aliphatic rings. The minimum Gasteiger partial charge on any atom is -0.494 e. The Hall–Kier alpha value is -1.68. The molecule has 1 aromatic heterocycles. The van der Waals surface area contributed by atoms with Gasteiger partial charge >= 0.3 is 0 Å². The van der Waals surface area contributed by atoms with Crippen molar-refractivity contribution in [2.45, 2.75) is 25.7 Å². The molecular weight excluding hydrogens is 256 g/mol. The minimum atomic E-state index is 0.638. The highest BCUT2D eigenvalue weighted by molar-refractivity contribution is 7.71. The second-order valence-corrected chi connectivity index (χ2v) is 5.18. The monoisotopic (exact) mass is 272 g/mol. The molecule has 0 bridgehead atoms. The largest absolute Gasteiger partial charge is 0.494 e. The summed E-state index contributed by atoms with van der Waals surface area (Å²) < 4.78 is 6.17. The zero-order chi connectivity index (χ0) is 13.2. The van der Waals surface area contributed by atoms with E-state index in [2.05, 4.69) is 9.97 Å². The Kier molecular flexibility index (Phi) is 3.34. The number of hydrogen-bond donors (Lipinski definition) is 1. The van der Waals surface area contributed by atoms with Gasteiger partial charge in [-0.1, -0.05) is 24.4 Å². The summed E-state index contributed by atoms with van der Waals surface area (Å²) in [5, 5.41) is 0. The van der Waals surface area contributed by atoms with E-state index in [0.29, 0.717) is 17.2 Å². The van der Waals surface area contributed by atoms with Gasteiger partial charge < -0.3 is 9.72 Å². The Labute approximate surface area is 117 Å². The van der Waals surface area contributed by atoms with Gasteiger partial charge in [-0.05, 0) is 43.9 Å². The quantitative estimate of drug-likeness (QED) is 0.852. The van der Waals surface area contributed by atoms with Crippen LogP contribution in [0.25, 0.3) is 11.4 Å². The predicted octanol–water partition coefficient (Wildman–Crippen LogP) is 4.08. The Morgan fingerprint density at radius 3 is 2.95 bits per heavy atom. The average molecular weight is 272 g/mol. The summed E-state index contributed by atoms with van der Waals surface area (Å²) in [6.45, 7) is 2.64. The van der Waals surface area contributed by atoms with Gasteiger partial charge in [0.2, 0.25) is 0 Å². The first-order chi connectivity index (χ1) is 9.26. The van der Waals surface area contributed by atoms with E-state index in [9.17, 15) is 0 Å². The summed E-state index contributed by atoms with van der Waals surface area (Å²) in [5.41, 5.74) is 2.22. The second kappa shape index (κ2) is 5.13. The van der Waals surface area contributed by atoms with Crippen LogP contribution in [0.15, 0.2) is 30.3 Å². The van der Waals surface area contributed by atoms with Crippen molar-refractivity contribution in [1.29, 1.82) is 0 Å². The summed E-state index contributed by atoms with van der Waals surface area (Å²) in [6, 6.07) is 9.92. The van der Waals surface area contributed by atoms with Crippen LogP contribution >= 0.6 is 12.2 Å². The molecule has 0 atom stereocenters. The molecule has 2 aromatic rings. The molecule has 1 fully saturated rings. The van der Waals surface area contributed by atoms with Crippen molar-refractivity contribution in [3.8, 4) is 17.1 Å². The average Bonchev–Trinajstić information content (AvgIpc) is 3.23. The molecule has 3 nitrogen and oxygen atoms in total. The van der Waals surface area contributed by atoms with Gasteiger partial charge in [-0.15, -0.1) is 0 Å². The molecule has 0 saturated heterocycles. The third-order valence-electron chi connectivity index (χ3n) is 3.20. The van der Waals surface area contributed by atoms with Gasteiger partial charge in [-0.2, -0.15) is 0 Å². The van der Waals surface area contributed by atoms with Crippen molar-refractivity contribution in [3.05, 3.63) is 40.7 Å². The zero-order valence-electron chi connectivity index (χ0n) is 10.8. The lowest BCUT2D eigenvalue weighted by molar-refractivity contribution is 0.340. The van der Waals surface area contributed by atoms with Crippen molar-refractivity contribution in [2.24, 2.45) is 0 Å². The lowest BCUT2D eigenvalue weighted by Gasteiger charge is -2.07. The summed E-state index contributed by atoms with van der Waals surface area (Å²) >= 11 is 5.26. The van der Waals surface area contributed by atoms with Crippen LogP contribution in [-0.4, -0.2) is 16.6 Å². The third kappa shape index (κ3) is 2.84. The molecule has 0 spiro atoms. The lowest BCUT2D eigenvalue weighted by Crippen LogP contribution is -1.96. The van der Waals surface area contributed by atoms with Crippen LogP contribution in [0.3, 0.4) is 0 Å². The highest BCUT2D eigenvalue weighted by Crippen LogP contribution is 2.39. The first-order valence-corrected chi connectivity index (χ1v) is 7.01. The number of rotatable bonds is 4. The summed E-state index contributed by atoms with van der Waals surface area (Å²) in [5.74, 6) is 2.33. The lowest BCUT2D eigenvalue weighted by atomic mass is 10.2. The number of H-pyrrole nitrogens is 1. The van der Waals surface area contributed by atoms with Crippen molar-refractivity contribution in [1.82, 2.24) is 9.97 Å². The van der Waals surface area contributed by atoms with Gasteiger partial charge in [0.25, 0.3) is 0 Å². The molecule has 19 heavy (non-hydrogen) atoms. The number of benzene rings is 1. The standard InChI is InChI=1S/C15H16N2OS/c1-2-18-12-5-3-4-11(8-12)15-16-13(10-6-7-10)9-14(19)17-15/h3-5,8-10H,2,6-7H2,1H3,(H,16,17,19). The van der Waals surface area contributed by atoms with E-state index in [-0.39, 0.29) is 0 Å². The molecule has 4 heteroatoms. The number of nitrogens with one attached hydrogen (secondary N) is 1. The van der Waals surface area contributed by atoms with E-state index < -0.39 is 0 Å². The molecule has 0 unspecified atom stereocenters. The van der Waals surface area contributed by atoms with Crippen molar-refractivity contribution >= 4 is 12.2 Å². The van der Waals surface area contributed by atoms with E-state index in [1.165, 1.54) is 18.5 Å². The van der Waals surface area contributed by atoms with Gasteiger partial charge in [0.1, 0.15) is 16.2 Å². The fourth-order valence-corrected chi connectivity index (χ4v) is 2.35. The van der Waals surface area contributed by atoms with E-state index in [1.807, 2.05) is 37.3 Å².